The Balaban J connectivity index is 1.79. The van der Waals surface area contributed by atoms with E-state index in [1.807, 2.05) is 12.1 Å². The Kier molecular flexibility index (Phi) is 5.79. The van der Waals surface area contributed by atoms with Gasteiger partial charge in [-0.05, 0) is 51.6 Å². The summed E-state index contributed by atoms with van der Waals surface area (Å²) in [7, 11) is 0. The van der Waals surface area contributed by atoms with Gasteiger partial charge in [0, 0.05) is 28.2 Å². The summed E-state index contributed by atoms with van der Waals surface area (Å²) in [6.45, 7) is 25.9. The highest BCUT2D eigenvalue weighted by Gasteiger charge is 2.58. The highest BCUT2D eigenvalue weighted by molar-refractivity contribution is 5.67. The van der Waals surface area contributed by atoms with Gasteiger partial charge in [0.2, 0.25) is 0 Å². The van der Waals surface area contributed by atoms with Gasteiger partial charge in [-0.25, -0.2) is 19.3 Å². The van der Waals surface area contributed by atoms with Crippen molar-refractivity contribution >= 4 is 0 Å². The summed E-state index contributed by atoms with van der Waals surface area (Å²) in [6, 6.07) is 7.68. The Morgan fingerprint density at radius 2 is 1.25 bits per heavy atom. The Morgan fingerprint density at radius 3 is 1.72 bits per heavy atom. The summed E-state index contributed by atoms with van der Waals surface area (Å²) in [5.74, 6) is 1.98. The molecule has 1 aromatic carbocycles. The van der Waals surface area contributed by atoms with Crippen molar-refractivity contribution in [1.29, 1.82) is 0 Å². The number of fused-ring (bicyclic) bond motifs is 1. The van der Waals surface area contributed by atoms with Gasteiger partial charge in [0.15, 0.2) is 5.82 Å². The molecule has 192 valence electrons. The third-order valence-electron chi connectivity index (χ3n) is 8.81. The van der Waals surface area contributed by atoms with Gasteiger partial charge in [0.25, 0.3) is 0 Å². The van der Waals surface area contributed by atoms with Crippen molar-refractivity contribution in [2.75, 3.05) is 0 Å². The number of aromatic nitrogens is 4. The van der Waals surface area contributed by atoms with Gasteiger partial charge < -0.3 is 0 Å². The average molecular weight is 489 g/mol. The molecule has 0 fully saturated rings. The first-order chi connectivity index (χ1) is 16.3. The predicted molar refractivity (Wildman–Crippen MR) is 146 cm³/mol. The molecule has 0 bridgehead atoms. The minimum absolute atomic E-state index is 0.104. The van der Waals surface area contributed by atoms with E-state index >= 15 is 4.39 Å². The van der Waals surface area contributed by atoms with Gasteiger partial charge in [-0.2, -0.15) is 0 Å². The molecule has 36 heavy (non-hydrogen) atoms. The molecule has 4 rings (SSSR count). The van der Waals surface area contributed by atoms with E-state index in [1.54, 1.807) is 12.3 Å². The summed E-state index contributed by atoms with van der Waals surface area (Å²) in [6.07, 6.45) is 1.79. The molecule has 2 aromatic heterocycles. The van der Waals surface area contributed by atoms with Crippen LogP contribution >= 0.6 is 0 Å². The van der Waals surface area contributed by atoms with E-state index in [4.69, 9.17) is 19.9 Å². The zero-order valence-electron chi connectivity index (χ0n) is 24.1. The predicted octanol–water partition coefficient (Wildman–Crippen LogP) is 7.93. The molecule has 1 aliphatic carbocycles. The number of nitrogens with zero attached hydrogens (tertiary/aromatic N) is 4. The maximum absolute atomic E-state index is 15.6. The van der Waals surface area contributed by atoms with Gasteiger partial charge in [0.1, 0.15) is 17.5 Å². The molecule has 5 heteroatoms. The average Bonchev–Trinajstić information content (AvgIpc) is 2.86. The van der Waals surface area contributed by atoms with Gasteiger partial charge in [-0.1, -0.05) is 83.1 Å². The van der Waals surface area contributed by atoms with Crippen LogP contribution < -0.4 is 0 Å². The molecular formula is C31H41FN4. The van der Waals surface area contributed by atoms with Crippen molar-refractivity contribution in [3.63, 3.8) is 0 Å². The van der Waals surface area contributed by atoms with Crippen LogP contribution in [0.4, 0.5) is 4.39 Å². The lowest BCUT2D eigenvalue weighted by Crippen LogP contribution is -2.42. The third-order valence-corrected chi connectivity index (χ3v) is 8.81. The van der Waals surface area contributed by atoms with Crippen molar-refractivity contribution in [2.45, 2.75) is 105 Å². The number of hydrogen-bond donors (Lipinski definition) is 0. The topological polar surface area (TPSA) is 51.6 Å². The maximum Gasteiger partial charge on any atom is 0.164 e. The lowest BCUT2D eigenvalue weighted by Gasteiger charge is -2.44. The highest BCUT2D eigenvalue weighted by Crippen LogP contribution is 2.62. The maximum atomic E-state index is 15.6. The smallest absolute Gasteiger partial charge is 0.164 e. The zero-order valence-corrected chi connectivity index (χ0v) is 24.1. The molecular weight excluding hydrogens is 447 g/mol. The number of benzene rings is 1. The van der Waals surface area contributed by atoms with Crippen molar-refractivity contribution < 1.29 is 4.39 Å². The van der Waals surface area contributed by atoms with Crippen LogP contribution in [-0.4, -0.2) is 19.9 Å². The molecule has 0 spiro atoms. The summed E-state index contributed by atoms with van der Waals surface area (Å²) in [5.41, 5.74) is 3.27. The van der Waals surface area contributed by atoms with Gasteiger partial charge in [0.05, 0.1) is 5.69 Å². The number of rotatable bonds is 2. The van der Waals surface area contributed by atoms with E-state index < -0.39 is 0 Å². The van der Waals surface area contributed by atoms with Crippen LogP contribution in [-0.2, 0) is 21.7 Å². The largest absolute Gasteiger partial charge is 0.255 e. The summed E-state index contributed by atoms with van der Waals surface area (Å²) < 4.78 is 15.6. The monoisotopic (exact) mass is 488 g/mol. The van der Waals surface area contributed by atoms with Crippen LogP contribution in [0.15, 0.2) is 30.5 Å². The minimum atomic E-state index is -0.278. The van der Waals surface area contributed by atoms with Crippen LogP contribution in [0.5, 0.6) is 0 Å². The SMILES string of the molecule is CC(C)(C)c1nc(-c2ccc(-c3cc(F)c4c(c3)C(C)(C)C(C)(C)C4(C)C)nc2)nc(C(C)(C)C)n1. The number of hydrogen-bond acceptors (Lipinski definition) is 4. The van der Waals surface area contributed by atoms with Crippen LogP contribution in [0.25, 0.3) is 22.6 Å². The second-order valence-corrected chi connectivity index (χ2v) is 14.0. The first kappa shape index (κ1) is 26.4. The Morgan fingerprint density at radius 1 is 0.694 bits per heavy atom. The van der Waals surface area contributed by atoms with Crippen molar-refractivity contribution in [1.82, 2.24) is 19.9 Å². The van der Waals surface area contributed by atoms with Gasteiger partial charge >= 0.3 is 0 Å². The molecule has 0 radical (unpaired) electrons. The van der Waals surface area contributed by atoms with Crippen molar-refractivity contribution in [3.05, 3.63) is 59.1 Å². The van der Waals surface area contributed by atoms with Crippen LogP contribution in [0.2, 0.25) is 0 Å². The quantitative estimate of drug-likeness (QED) is 0.367. The molecule has 2 heterocycles. The molecule has 0 aliphatic heterocycles. The first-order valence-corrected chi connectivity index (χ1v) is 12.9. The lowest BCUT2D eigenvalue weighted by molar-refractivity contribution is 0.123. The fourth-order valence-corrected chi connectivity index (χ4v) is 5.19. The third kappa shape index (κ3) is 3.95. The zero-order chi connectivity index (χ0) is 27.1. The molecule has 1 aliphatic rings. The van der Waals surface area contributed by atoms with Crippen molar-refractivity contribution in [2.24, 2.45) is 5.41 Å². The molecule has 0 unspecified atom stereocenters. The summed E-state index contributed by atoms with van der Waals surface area (Å²) in [4.78, 5) is 19.1. The highest BCUT2D eigenvalue weighted by atomic mass is 19.1. The van der Waals surface area contributed by atoms with Crippen LogP contribution in [0, 0.1) is 11.2 Å². The molecule has 0 amide bonds. The Labute approximate surface area is 216 Å². The second kappa shape index (κ2) is 7.90. The number of pyridine rings is 1. The molecule has 4 nitrogen and oxygen atoms in total. The molecule has 3 aromatic rings. The van der Waals surface area contributed by atoms with E-state index in [0.717, 1.165) is 39.6 Å². The normalized spacial score (nSPS) is 18.2. The fraction of sp³-hybridized carbons (Fsp3) is 0.548. The van der Waals surface area contributed by atoms with Gasteiger partial charge in [-0.3, -0.25) is 4.98 Å². The van der Waals surface area contributed by atoms with E-state index in [9.17, 15) is 0 Å². The van der Waals surface area contributed by atoms with E-state index in [2.05, 4.69) is 89.2 Å². The van der Waals surface area contributed by atoms with E-state index in [0.29, 0.717) is 5.82 Å². The fourth-order valence-electron chi connectivity index (χ4n) is 5.19. The van der Waals surface area contributed by atoms with Gasteiger partial charge in [-0.15, -0.1) is 0 Å². The Bertz CT molecular complexity index is 1290. The first-order valence-electron chi connectivity index (χ1n) is 12.9. The van der Waals surface area contributed by atoms with E-state index in [1.165, 1.54) is 0 Å². The minimum Gasteiger partial charge on any atom is -0.255 e. The van der Waals surface area contributed by atoms with E-state index in [-0.39, 0.29) is 32.9 Å². The molecule has 0 saturated heterocycles. The van der Waals surface area contributed by atoms with Crippen LogP contribution in [0.1, 0.15) is 106 Å². The Hall–Kier alpha value is -2.69. The number of halogens is 1. The molecule has 0 N–H and O–H groups in total. The standard InChI is InChI=1S/C31H41FN4/c1-27(2,3)25-34-24(35-26(36-25)28(4,5)6)18-13-14-22(33-17-18)19-15-20-23(21(32)16-19)30(9,10)31(11,12)29(20,7)8/h13-17H,1-12H3. The van der Waals surface area contributed by atoms with Crippen LogP contribution in [0.3, 0.4) is 0 Å². The molecule has 0 saturated carbocycles. The summed E-state index contributed by atoms with van der Waals surface area (Å²) in [5, 5.41) is 0. The summed E-state index contributed by atoms with van der Waals surface area (Å²) >= 11 is 0. The van der Waals surface area contributed by atoms with Crippen molar-refractivity contribution in [3.8, 4) is 22.6 Å². The molecule has 0 atom stereocenters. The lowest BCUT2D eigenvalue weighted by atomic mass is 9.59. The second-order valence-electron chi connectivity index (χ2n) is 14.0.